The van der Waals surface area contributed by atoms with Crippen LogP contribution in [0, 0.1) is 0 Å². The van der Waals surface area contributed by atoms with Crippen molar-refractivity contribution in [1.29, 1.82) is 0 Å². The van der Waals surface area contributed by atoms with Crippen LogP contribution in [0.25, 0.3) is 0 Å². The number of carbonyl (C=O) groups is 2. The number of rotatable bonds is 6. The van der Waals surface area contributed by atoms with Gasteiger partial charge in [-0.05, 0) is 12.5 Å². The molecule has 1 aliphatic rings. The summed E-state index contributed by atoms with van der Waals surface area (Å²) in [6.07, 6.45) is 1.28. The van der Waals surface area contributed by atoms with Gasteiger partial charge in [-0.3, -0.25) is 0 Å². The second-order valence-corrected chi connectivity index (χ2v) is 5.75. The minimum Gasteiger partial charge on any atom is -0.493 e. The number of esters is 1. The van der Waals surface area contributed by atoms with Crippen molar-refractivity contribution in [3.05, 3.63) is 34.0 Å². The average Bonchev–Trinajstić information content (AvgIpc) is 2.60. The van der Waals surface area contributed by atoms with Crippen molar-refractivity contribution in [2.75, 3.05) is 21.3 Å². The third-order valence-corrected chi connectivity index (χ3v) is 4.27. The molecule has 2 rings (SSSR count). The number of ether oxygens (including phenoxy) is 3. The van der Waals surface area contributed by atoms with Gasteiger partial charge >= 0.3 is 12.0 Å². The molecule has 8 heteroatoms. The van der Waals surface area contributed by atoms with Crippen molar-refractivity contribution in [3.63, 3.8) is 0 Å². The number of benzene rings is 1. The second-order valence-electron chi connectivity index (χ2n) is 5.37. The molecule has 0 fully saturated rings. The van der Waals surface area contributed by atoms with Crippen molar-refractivity contribution in [2.45, 2.75) is 25.8 Å². The van der Waals surface area contributed by atoms with E-state index in [1.165, 1.54) is 21.3 Å². The van der Waals surface area contributed by atoms with Gasteiger partial charge in [0.25, 0.3) is 0 Å². The lowest BCUT2D eigenvalue weighted by Crippen LogP contribution is -2.46. The van der Waals surface area contributed by atoms with Gasteiger partial charge < -0.3 is 24.8 Å². The number of allylic oxidation sites excluding steroid dienone is 1. The fourth-order valence-electron chi connectivity index (χ4n) is 2.78. The smallest absolute Gasteiger partial charge is 0.337 e. The van der Waals surface area contributed by atoms with E-state index in [4.69, 9.17) is 25.8 Å². The molecule has 1 aromatic rings. The monoisotopic (exact) mass is 368 g/mol. The van der Waals surface area contributed by atoms with E-state index in [-0.39, 0.29) is 5.02 Å². The van der Waals surface area contributed by atoms with Crippen LogP contribution < -0.4 is 20.1 Å². The first-order valence-corrected chi connectivity index (χ1v) is 8.15. The molecule has 1 aliphatic heterocycles. The number of methoxy groups -OCH3 is 3. The minimum absolute atomic E-state index is 0.256. The van der Waals surface area contributed by atoms with Gasteiger partial charge in [-0.15, -0.1) is 0 Å². The van der Waals surface area contributed by atoms with Crippen LogP contribution in [0.15, 0.2) is 23.4 Å². The third-order valence-electron chi connectivity index (χ3n) is 3.88. The van der Waals surface area contributed by atoms with Crippen molar-refractivity contribution in [3.8, 4) is 11.5 Å². The Bertz CT molecular complexity index is 717. The van der Waals surface area contributed by atoms with Gasteiger partial charge in [-0.1, -0.05) is 31.0 Å². The van der Waals surface area contributed by atoms with Crippen molar-refractivity contribution in [1.82, 2.24) is 10.6 Å². The predicted octanol–water partition coefficient (Wildman–Crippen LogP) is 2.94. The zero-order valence-corrected chi connectivity index (χ0v) is 15.3. The maximum Gasteiger partial charge on any atom is 0.337 e. The zero-order chi connectivity index (χ0) is 18.6. The molecule has 2 N–H and O–H groups in total. The van der Waals surface area contributed by atoms with Crippen LogP contribution in [-0.4, -0.2) is 33.3 Å². The van der Waals surface area contributed by atoms with Gasteiger partial charge in [0.15, 0.2) is 11.5 Å². The van der Waals surface area contributed by atoms with Crippen LogP contribution in [0.3, 0.4) is 0 Å². The largest absolute Gasteiger partial charge is 0.493 e. The number of hydrogen-bond acceptors (Lipinski definition) is 5. The fourth-order valence-corrected chi connectivity index (χ4v) is 3.12. The summed E-state index contributed by atoms with van der Waals surface area (Å²) in [5.74, 6) is 0.247. The fraction of sp³-hybridized carbons (Fsp3) is 0.412. The maximum atomic E-state index is 12.4. The average molecular weight is 369 g/mol. The van der Waals surface area contributed by atoms with Gasteiger partial charge in [0.2, 0.25) is 0 Å². The molecule has 0 saturated carbocycles. The molecule has 7 nitrogen and oxygen atoms in total. The van der Waals surface area contributed by atoms with Crippen molar-refractivity contribution < 1.29 is 23.8 Å². The SMILES string of the molecule is CCCC1=C(C(=O)OC)C(c2ccc(OC)c(OC)c2Cl)NC(=O)N1. The molecule has 1 aromatic carbocycles. The van der Waals surface area contributed by atoms with E-state index in [0.717, 1.165) is 6.42 Å². The molecule has 1 atom stereocenters. The highest BCUT2D eigenvalue weighted by atomic mass is 35.5. The van der Waals surface area contributed by atoms with Gasteiger partial charge in [-0.25, -0.2) is 9.59 Å². The van der Waals surface area contributed by atoms with Gasteiger partial charge in [0.05, 0.1) is 38.0 Å². The Hall–Kier alpha value is -2.41. The molecular formula is C17H21ClN2O5. The van der Waals surface area contributed by atoms with E-state index >= 15 is 0 Å². The standard InChI is InChI=1S/C17H21ClN2O5/c1-5-6-10-12(16(21)25-4)14(20-17(22)19-10)9-7-8-11(23-2)15(24-3)13(9)18/h7-8,14H,5-6H2,1-4H3,(H2,19,20,22). The molecule has 0 radical (unpaired) electrons. The second kappa shape index (κ2) is 8.11. The molecule has 1 unspecified atom stereocenters. The van der Waals surface area contributed by atoms with E-state index in [0.29, 0.717) is 34.8 Å². The summed E-state index contributed by atoms with van der Waals surface area (Å²) in [6, 6.07) is 2.19. The summed E-state index contributed by atoms with van der Waals surface area (Å²) in [6.45, 7) is 1.95. The Balaban J connectivity index is 2.64. The first-order valence-electron chi connectivity index (χ1n) is 7.77. The Morgan fingerprint density at radius 3 is 2.52 bits per heavy atom. The summed E-state index contributed by atoms with van der Waals surface area (Å²) in [5, 5.41) is 5.66. The van der Waals surface area contributed by atoms with E-state index in [1.807, 2.05) is 6.92 Å². The van der Waals surface area contributed by atoms with Gasteiger partial charge in [0.1, 0.15) is 0 Å². The number of amides is 2. The summed E-state index contributed by atoms with van der Waals surface area (Å²) >= 11 is 6.46. The van der Waals surface area contributed by atoms with Crippen LogP contribution in [-0.2, 0) is 9.53 Å². The third kappa shape index (κ3) is 3.66. The molecule has 136 valence electrons. The summed E-state index contributed by atoms with van der Waals surface area (Å²) < 4.78 is 15.4. The van der Waals surface area contributed by atoms with E-state index < -0.39 is 18.0 Å². The number of hydrogen-bond donors (Lipinski definition) is 2. The zero-order valence-electron chi connectivity index (χ0n) is 14.6. The highest BCUT2D eigenvalue weighted by Gasteiger charge is 2.35. The van der Waals surface area contributed by atoms with Crippen LogP contribution in [0.2, 0.25) is 5.02 Å². The Morgan fingerprint density at radius 2 is 1.96 bits per heavy atom. The van der Waals surface area contributed by atoms with E-state index in [2.05, 4.69) is 10.6 Å². The Labute approximate surface area is 151 Å². The van der Waals surface area contributed by atoms with Crippen LogP contribution in [0.4, 0.5) is 4.79 Å². The quantitative estimate of drug-likeness (QED) is 0.754. The van der Waals surface area contributed by atoms with E-state index in [1.54, 1.807) is 12.1 Å². The molecular weight excluding hydrogens is 348 g/mol. The molecule has 0 aliphatic carbocycles. The highest BCUT2D eigenvalue weighted by Crippen LogP contribution is 2.42. The first-order chi connectivity index (χ1) is 12.0. The van der Waals surface area contributed by atoms with Gasteiger partial charge in [-0.2, -0.15) is 0 Å². The lowest BCUT2D eigenvalue weighted by atomic mass is 9.93. The lowest BCUT2D eigenvalue weighted by molar-refractivity contribution is -0.136. The van der Waals surface area contributed by atoms with Crippen LogP contribution >= 0.6 is 11.6 Å². The van der Waals surface area contributed by atoms with Gasteiger partial charge in [0, 0.05) is 11.3 Å². The molecule has 0 aromatic heterocycles. The normalized spacial score (nSPS) is 16.8. The maximum absolute atomic E-state index is 12.4. The summed E-state index contributed by atoms with van der Waals surface area (Å²) in [7, 11) is 4.26. The lowest BCUT2D eigenvalue weighted by Gasteiger charge is -2.30. The van der Waals surface area contributed by atoms with E-state index in [9.17, 15) is 9.59 Å². The van der Waals surface area contributed by atoms with Crippen molar-refractivity contribution in [2.24, 2.45) is 0 Å². The van der Waals surface area contributed by atoms with Crippen LogP contribution in [0.5, 0.6) is 11.5 Å². The molecule has 1 heterocycles. The Morgan fingerprint density at radius 1 is 1.24 bits per heavy atom. The molecule has 0 saturated heterocycles. The number of urea groups is 1. The minimum atomic E-state index is -0.755. The number of nitrogens with one attached hydrogen (secondary N) is 2. The van der Waals surface area contributed by atoms with Crippen LogP contribution in [0.1, 0.15) is 31.4 Å². The highest BCUT2D eigenvalue weighted by molar-refractivity contribution is 6.33. The predicted molar refractivity (Wildman–Crippen MR) is 92.9 cm³/mol. The molecule has 0 bridgehead atoms. The topological polar surface area (TPSA) is 85.9 Å². The van der Waals surface area contributed by atoms with Crippen molar-refractivity contribution >= 4 is 23.6 Å². The first kappa shape index (κ1) is 18.9. The number of carbonyl (C=O) groups excluding carboxylic acids is 2. The molecule has 25 heavy (non-hydrogen) atoms. The molecule has 2 amide bonds. The number of halogens is 1. The molecule has 0 spiro atoms. The summed E-state index contributed by atoms with van der Waals surface area (Å²) in [4.78, 5) is 24.4. The summed E-state index contributed by atoms with van der Waals surface area (Å²) in [5.41, 5.74) is 1.36. The Kier molecular flexibility index (Phi) is 6.14.